The van der Waals surface area contributed by atoms with Crippen molar-refractivity contribution >= 4 is 22.5 Å². The molecule has 0 radical (unpaired) electrons. The molecule has 0 aromatic heterocycles. The molecule has 0 heterocycles. The van der Waals surface area contributed by atoms with Crippen LogP contribution in [0.25, 0.3) is 0 Å². The number of unbranched alkanes of at least 4 members (excludes halogenated alkanes) is 3. The number of hydrogen-bond acceptors (Lipinski definition) is 3. The number of aryl methyl sites for hydroxylation is 1. The van der Waals surface area contributed by atoms with Gasteiger partial charge in [0.25, 0.3) is 10.9 Å². The highest BCUT2D eigenvalue weighted by atomic mass is 35.5. The molecule has 0 aliphatic heterocycles. The first-order valence-corrected chi connectivity index (χ1v) is 6.41. The predicted molar refractivity (Wildman–Crippen MR) is 71.1 cm³/mol. The van der Waals surface area contributed by atoms with Crippen molar-refractivity contribution in [3.8, 4) is 0 Å². The highest BCUT2D eigenvalue weighted by Gasteiger charge is 2.22. The van der Waals surface area contributed by atoms with Crippen LogP contribution >= 0.6 is 11.6 Å². The molecular formula is C13H16ClNO3. The Morgan fingerprint density at radius 3 is 2.61 bits per heavy atom. The Hall–Kier alpha value is -1.42. The summed E-state index contributed by atoms with van der Waals surface area (Å²) in [7, 11) is 0. The van der Waals surface area contributed by atoms with Crippen molar-refractivity contribution < 1.29 is 9.72 Å². The minimum atomic E-state index is -0.780. The van der Waals surface area contributed by atoms with Gasteiger partial charge in [-0.3, -0.25) is 14.9 Å². The van der Waals surface area contributed by atoms with Gasteiger partial charge in [-0.1, -0.05) is 38.3 Å². The second-order valence-electron chi connectivity index (χ2n) is 4.15. The first kappa shape index (κ1) is 14.6. The molecule has 0 spiro atoms. The molecule has 1 rings (SSSR count). The largest absolute Gasteiger partial charge is 0.284 e. The van der Waals surface area contributed by atoms with E-state index < -0.39 is 10.2 Å². The molecule has 0 amide bonds. The lowest BCUT2D eigenvalue weighted by molar-refractivity contribution is -0.385. The average Bonchev–Trinajstić information content (AvgIpc) is 2.33. The van der Waals surface area contributed by atoms with Crippen LogP contribution in [0.5, 0.6) is 0 Å². The van der Waals surface area contributed by atoms with Gasteiger partial charge in [-0.05, 0) is 30.5 Å². The van der Waals surface area contributed by atoms with Crippen LogP contribution in [0.3, 0.4) is 0 Å². The third-order valence-electron chi connectivity index (χ3n) is 2.81. The summed E-state index contributed by atoms with van der Waals surface area (Å²) in [6.45, 7) is 2.11. The maximum absolute atomic E-state index is 11.2. The predicted octanol–water partition coefficient (Wildman–Crippen LogP) is 4.10. The highest BCUT2D eigenvalue weighted by Crippen LogP contribution is 2.26. The van der Waals surface area contributed by atoms with Crippen molar-refractivity contribution in [3.05, 3.63) is 39.4 Å². The number of halogens is 1. The normalized spacial score (nSPS) is 10.3. The molecule has 5 heteroatoms. The van der Waals surface area contributed by atoms with Crippen LogP contribution in [0.15, 0.2) is 18.2 Å². The molecule has 0 saturated carbocycles. The number of nitro benzene ring substituents is 1. The van der Waals surface area contributed by atoms with Crippen LogP contribution < -0.4 is 0 Å². The summed E-state index contributed by atoms with van der Waals surface area (Å²) >= 11 is 5.36. The molecule has 0 bridgehead atoms. The summed E-state index contributed by atoms with van der Waals surface area (Å²) < 4.78 is 0. The molecule has 0 saturated heterocycles. The van der Waals surface area contributed by atoms with Crippen LogP contribution in [-0.2, 0) is 6.42 Å². The minimum Gasteiger partial charge on any atom is -0.275 e. The number of nitrogens with zero attached hydrogens (tertiary/aromatic N) is 1. The Morgan fingerprint density at radius 2 is 2.06 bits per heavy atom. The summed E-state index contributed by atoms with van der Waals surface area (Å²) in [5.74, 6) is 0. The van der Waals surface area contributed by atoms with E-state index in [0.717, 1.165) is 25.7 Å². The average molecular weight is 270 g/mol. The van der Waals surface area contributed by atoms with Crippen molar-refractivity contribution in [1.29, 1.82) is 0 Å². The van der Waals surface area contributed by atoms with Gasteiger partial charge in [0, 0.05) is 5.56 Å². The Balaban J connectivity index is 2.93. The van der Waals surface area contributed by atoms with Gasteiger partial charge in [0.1, 0.15) is 5.56 Å². The van der Waals surface area contributed by atoms with E-state index in [2.05, 4.69) is 6.92 Å². The Kier molecular flexibility index (Phi) is 5.78. The van der Waals surface area contributed by atoms with Crippen molar-refractivity contribution in [2.75, 3.05) is 0 Å². The number of benzene rings is 1. The van der Waals surface area contributed by atoms with E-state index >= 15 is 0 Å². The van der Waals surface area contributed by atoms with Gasteiger partial charge in [-0.15, -0.1) is 0 Å². The Labute approximate surface area is 111 Å². The second-order valence-corrected chi connectivity index (χ2v) is 4.50. The van der Waals surface area contributed by atoms with Crippen molar-refractivity contribution in [1.82, 2.24) is 0 Å². The standard InChI is InChI=1S/C13H16ClNO3/c1-2-3-4-5-7-10-8-6-9-11(13(14)16)12(10)15(17)18/h6,8-9H,2-5,7H2,1H3. The number of nitro groups is 1. The van der Waals surface area contributed by atoms with E-state index in [0.29, 0.717) is 12.0 Å². The summed E-state index contributed by atoms with van der Waals surface area (Å²) in [6, 6.07) is 4.72. The van der Waals surface area contributed by atoms with Gasteiger partial charge in [0.2, 0.25) is 0 Å². The number of carbonyl (C=O) groups is 1. The lowest BCUT2D eigenvalue weighted by Gasteiger charge is -2.05. The van der Waals surface area contributed by atoms with Crippen molar-refractivity contribution in [2.24, 2.45) is 0 Å². The fraction of sp³-hybridized carbons (Fsp3) is 0.462. The third-order valence-corrected chi connectivity index (χ3v) is 3.02. The van der Waals surface area contributed by atoms with E-state index in [4.69, 9.17) is 11.6 Å². The molecule has 0 aliphatic carbocycles. The van der Waals surface area contributed by atoms with E-state index in [-0.39, 0.29) is 11.3 Å². The molecule has 0 atom stereocenters. The van der Waals surface area contributed by atoms with Crippen LogP contribution in [0.4, 0.5) is 5.69 Å². The molecule has 0 unspecified atom stereocenters. The summed E-state index contributed by atoms with van der Waals surface area (Å²) in [5.41, 5.74) is 0.422. The van der Waals surface area contributed by atoms with Gasteiger partial charge in [-0.25, -0.2) is 0 Å². The molecule has 4 nitrogen and oxygen atoms in total. The van der Waals surface area contributed by atoms with Crippen LogP contribution in [-0.4, -0.2) is 10.2 Å². The highest BCUT2D eigenvalue weighted by molar-refractivity contribution is 6.68. The third kappa shape index (κ3) is 3.81. The van der Waals surface area contributed by atoms with Crippen LogP contribution in [0.2, 0.25) is 0 Å². The van der Waals surface area contributed by atoms with E-state index in [1.807, 2.05) is 0 Å². The SMILES string of the molecule is CCCCCCc1cccc(C(=O)Cl)c1[N+](=O)[O-]. The van der Waals surface area contributed by atoms with Gasteiger partial charge in [0.15, 0.2) is 0 Å². The van der Waals surface area contributed by atoms with Crippen LogP contribution in [0.1, 0.15) is 48.5 Å². The molecular weight excluding hydrogens is 254 g/mol. The number of para-hydroxylation sites is 1. The Bertz CT molecular complexity index is 446. The van der Waals surface area contributed by atoms with Crippen molar-refractivity contribution in [3.63, 3.8) is 0 Å². The zero-order valence-electron chi connectivity index (χ0n) is 10.3. The summed E-state index contributed by atoms with van der Waals surface area (Å²) in [4.78, 5) is 21.7. The molecule has 0 N–H and O–H groups in total. The smallest absolute Gasteiger partial charge is 0.275 e. The molecule has 1 aromatic carbocycles. The monoisotopic (exact) mass is 269 g/mol. The summed E-state index contributed by atoms with van der Waals surface area (Å²) in [5, 5.41) is 10.3. The summed E-state index contributed by atoms with van der Waals surface area (Å²) in [6.07, 6.45) is 4.75. The van der Waals surface area contributed by atoms with Crippen LogP contribution in [0, 0.1) is 10.1 Å². The number of carbonyl (C=O) groups excluding carboxylic acids is 1. The molecule has 0 fully saturated rings. The van der Waals surface area contributed by atoms with E-state index in [9.17, 15) is 14.9 Å². The van der Waals surface area contributed by atoms with Gasteiger partial charge >= 0.3 is 0 Å². The van der Waals surface area contributed by atoms with E-state index in [1.165, 1.54) is 6.07 Å². The maximum atomic E-state index is 11.2. The first-order chi connectivity index (χ1) is 8.57. The van der Waals surface area contributed by atoms with Gasteiger partial charge < -0.3 is 0 Å². The fourth-order valence-corrected chi connectivity index (χ4v) is 2.06. The zero-order chi connectivity index (χ0) is 13.5. The molecule has 1 aromatic rings. The number of rotatable bonds is 7. The van der Waals surface area contributed by atoms with Gasteiger partial charge in [0.05, 0.1) is 4.92 Å². The quantitative estimate of drug-likeness (QED) is 0.324. The lowest BCUT2D eigenvalue weighted by atomic mass is 10.0. The molecule has 18 heavy (non-hydrogen) atoms. The zero-order valence-corrected chi connectivity index (χ0v) is 11.1. The second kappa shape index (κ2) is 7.11. The van der Waals surface area contributed by atoms with E-state index in [1.54, 1.807) is 12.1 Å². The molecule has 98 valence electrons. The topological polar surface area (TPSA) is 60.2 Å². The maximum Gasteiger partial charge on any atom is 0.284 e. The first-order valence-electron chi connectivity index (χ1n) is 6.04. The van der Waals surface area contributed by atoms with Gasteiger partial charge in [-0.2, -0.15) is 0 Å². The lowest BCUT2D eigenvalue weighted by Crippen LogP contribution is -2.03. The fourth-order valence-electron chi connectivity index (χ4n) is 1.91. The molecule has 0 aliphatic rings. The van der Waals surface area contributed by atoms with Crippen molar-refractivity contribution in [2.45, 2.75) is 39.0 Å². The minimum absolute atomic E-state index is 0.0188. The number of hydrogen-bond donors (Lipinski definition) is 0. The Morgan fingerprint density at radius 1 is 1.33 bits per heavy atom.